The van der Waals surface area contributed by atoms with E-state index in [0.29, 0.717) is 26.1 Å². The van der Waals surface area contributed by atoms with E-state index in [1.165, 1.54) is 5.56 Å². The Morgan fingerprint density at radius 2 is 1.92 bits per heavy atom. The first-order valence-electron chi connectivity index (χ1n) is 9.12. The molecule has 1 N–H and O–H groups in total. The van der Waals surface area contributed by atoms with Gasteiger partial charge >= 0.3 is 0 Å². The molecule has 1 aromatic carbocycles. The van der Waals surface area contributed by atoms with Crippen LogP contribution in [0.5, 0.6) is 0 Å². The molecule has 2 aliphatic rings. The number of likely N-dealkylation sites (tertiary alicyclic amines) is 1. The van der Waals surface area contributed by atoms with E-state index in [2.05, 4.69) is 22.3 Å². The van der Waals surface area contributed by atoms with Crippen LogP contribution in [0.15, 0.2) is 30.3 Å². The monoisotopic (exact) mass is 345 g/mol. The highest BCUT2D eigenvalue weighted by molar-refractivity contribution is 5.89. The largest absolute Gasteiger partial charge is 0.379 e. The molecular formula is C19H27N3O3. The number of hydrogen-bond acceptors (Lipinski definition) is 4. The normalized spacial score (nSPS) is 21.5. The molecule has 0 saturated carbocycles. The van der Waals surface area contributed by atoms with Crippen LogP contribution in [0.25, 0.3) is 0 Å². The topological polar surface area (TPSA) is 61.9 Å². The molecular weight excluding hydrogens is 318 g/mol. The Kier molecular flexibility index (Phi) is 6.42. The van der Waals surface area contributed by atoms with Gasteiger partial charge < -0.3 is 15.0 Å². The molecule has 0 aromatic heterocycles. The summed E-state index contributed by atoms with van der Waals surface area (Å²) in [6.07, 6.45) is 1.16. The van der Waals surface area contributed by atoms with Crippen LogP contribution in [0.2, 0.25) is 0 Å². The van der Waals surface area contributed by atoms with Crippen LogP contribution in [0, 0.1) is 5.92 Å². The lowest BCUT2D eigenvalue weighted by Crippen LogP contribution is -2.42. The van der Waals surface area contributed by atoms with Crippen molar-refractivity contribution in [2.75, 3.05) is 52.5 Å². The fraction of sp³-hybridized carbons (Fsp3) is 0.579. The number of nitrogens with one attached hydrogen (secondary N) is 1. The summed E-state index contributed by atoms with van der Waals surface area (Å²) >= 11 is 0. The minimum atomic E-state index is -0.215. The predicted molar refractivity (Wildman–Crippen MR) is 95.1 cm³/mol. The second-order valence-corrected chi connectivity index (χ2v) is 6.72. The fourth-order valence-electron chi connectivity index (χ4n) is 3.38. The maximum Gasteiger partial charge on any atom is 0.225 e. The number of carbonyl (C=O) groups is 2. The maximum atomic E-state index is 12.3. The molecule has 136 valence electrons. The molecule has 25 heavy (non-hydrogen) atoms. The van der Waals surface area contributed by atoms with Crippen molar-refractivity contribution in [3.05, 3.63) is 35.9 Å². The number of hydrogen-bond donors (Lipinski definition) is 1. The van der Waals surface area contributed by atoms with E-state index in [9.17, 15) is 9.59 Å². The van der Waals surface area contributed by atoms with Crippen LogP contribution in [0.3, 0.4) is 0 Å². The van der Waals surface area contributed by atoms with Gasteiger partial charge in [-0.2, -0.15) is 0 Å². The number of amides is 2. The van der Waals surface area contributed by atoms with Gasteiger partial charge in [0.25, 0.3) is 0 Å². The van der Waals surface area contributed by atoms with E-state index in [1.54, 1.807) is 0 Å². The van der Waals surface area contributed by atoms with Gasteiger partial charge in [0.2, 0.25) is 11.8 Å². The molecule has 0 spiro atoms. The summed E-state index contributed by atoms with van der Waals surface area (Å²) in [5.74, 6) is -0.124. The maximum absolute atomic E-state index is 12.3. The highest BCUT2D eigenvalue weighted by Gasteiger charge is 2.33. The number of ether oxygens (including phenoxy) is 1. The third-order valence-corrected chi connectivity index (χ3v) is 4.93. The van der Waals surface area contributed by atoms with E-state index < -0.39 is 0 Å². The lowest BCUT2D eigenvalue weighted by Gasteiger charge is -2.26. The Morgan fingerprint density at radius 3 is 2.68 bits per heavy atom. The summed E-state index contributed by atoms with van der Waals surface area (Å²) in [6, 6.07) is 10.1. The zero-order valence-corrected chi connectivity index (χ0v) is 14.7. The van der Waals surface area contributed by atoms with E-state index in [0.717, 1.165) is 39.3 Å². The first kappa shape index (κ1) is 17.9. The molecule has 2 fully saturated rings. The first-order chi connectivity index (χ1) is 12.2. The van der Waals surface area contributed by atoms with Crippen LogP contribution in [0.4, 0.5) is 0 Å². The van der Waals surface area contributed by atoms with Crippen molar-refractivity contribution >= 4 is 11.8 Å². The van der Waals surface area contributed by atoms with Gasteiger partial charge in [-0.1, -0.05) is 30.3 Å². The molecule has 2 heterocycles. The van der Waals surface area contributed by atoms with Crippen molar-refractivity contribution in [3.8, 4) is 0 Å². The van der Waals surface area contributed by atoms with Crippen molar-refractivity contribution in [2.45, 2.75) is 12.8 Å². The van der Waals surface area contributed by atoms with Crippen LogP contribution in [0.1, 0.15) is 12.0 Å². The molecule has 1 atom stereocenters. The quantitative estimate of drug-likeness (QED) is 0.783. The number of carbonyl (C=O) groups excluding carboxylic acids is 2. The Balaban J connectivity index is 1.38. The van der Waals surface area contributed by atoms with Crippen LogP contribution in [-0.4, -0.2) is 74.1 Å². The molecule has 2 amide bonds. The zero-order valence-electron chi connectivity index (χ0n) is 14.7. The lowest BCUT2D eigenvalue weighted by atomic mass is 10.1. The average molecular weight is 345 g/mol. The van der Waals surface area contributed by atoms with Gasteiger partial charge in [0.05, 0.1) is 19.1 Å². The number of morpholine rings is 1. The Bertz CT molecular complexity index is 573. The zero-order chi connectivity index (χ0) is 17.5. The number of benzene rings is 1. The van der Waals surface area contributed by atoms with Gasteiger partial charge in [0.15, 0.2) is 0 Å². The highest BCUT2D eigenvalue weighted by atomic mass is 16.5. The van der Waals surface area contributed by atoms with Crippen LogP contribution < -0.4 is 5.32 Å². The molecule has 0 aliphatic carbocycles. The van der Waals surface area contributed by atoms with Crippen LogP contribution in [-0.2, 0) is 20.7 Å². The van der Waals surface area contributed by atoms with E-state index in [-0.39, 0.29) is 17.7 Å². The minimum absolute atomic E-state index is 0.00354. The minimum Gasteiger partial charge on any atom is -0.379 e. The molecule has 3 rings (SSSR count). The van der Waals surface area contributed by atoms with E-state index >= 15 is 0 Å². The molecule has 0 unspecified atom stereocenters. The molecule has 2 aliphatic heterocycles. The van der Waals surface area contributed by atoms with Gasteiger partial charge in [0.1, 0.15) is 0 Å². The smallest absolute Gasteiger partial charge is 0.225 e. The van der Waals surface area contributed by atoms with Crippen molar-refractivity contribution in [3.63, 3.8) is 0 Å². The lowest BCUT2D eigenvalue weighted by molar-refractivity contribution is -0.129. The summed E-state index contributed by atoms with van der Waals surface area (Å²) in [5, 5.41) is 2.99. The Labute approximate surface area is 149 Å². The second-order valence-electron chi connectivity index (χ2n) is 6.72. The van der Waals surface area contributed by atoms with Gasteiger partial charge in [-0.15, -0.1) is 0 Å². The van der Waals surface area contributed by atoms with Crippen molar-refractivity contribution in [1.82, 2.24) is 15.1 Å². The van der Waals surface area contributed by atoms with E-state index in [4.69, 9.17) is 4.74 Å². The third-order valence-electron chi connectivity index (χ3n) is 4.93. The predicted octanol–water partition coefficient (Wildman–Crippen LogP) is 0.526. The molecule has 2 saturated heterocycles. The van der Waals surface area contributed by atoms with Crippen molar-refractivity contribution in [1.29, 1.82) is 0 Å². The fourth-order valence-corrected chi connectivity index (χ4v) is 3.38. The molecule has 6 nitrogen and oxygen atoms in total. The SMILES string of the molecule is O=C(NCCN1CCOCC1)[C@@H]1CC(=O)N(CCc2ccccc2)C1. The Morgan fingerprint density at radius 1 is 1.16 bits per heavy atom. The summed E-state index contributed by atoms with van der Waals surface area (Å²) in [6.45, 7) is 6.06. The first-order valence-corrected chi connectivity index (χ1v) is 9.12. The molecule has 1 aromatic rings. The van der Waals surface area contributed by atoms with Gasteiger partial charge in [0, 0.05) is 45.7 Å². The molecule has 6 heteroatoms. The van der Waals surface area contributed by atoms with Crippen LogP contribution >= 0.6 is 0 Å². The number of rotatable bonds is 7. The Hall–Kier alpha value is -1.92. The van der Waals surface area contributed by atoms with Gasteiger partial charge in [-0.3, -0.25) is 14.5 Å². The van der Waals surface area contributed by atoms with Gasteiger partial charge in [-0.05, 0) is 12.0 Å². The third kappa shape index (κ3) is 5.28. The second kappa shape index (κ2) is 8.97. The summed E-state index contributed by atoms with van der Waals surface area (Å²) in [5.41, 5.74) is 1.22. The summed E-state index contributed by atoms with van der Waals surface area (Å²) in [7, 11) is 0. The van der Waals surface area contributed by atoms with Crippen molar-refractivity contribution in [2.24, 2.45) is 5.92 Å². The van der Waals surface area contributed by atoms with Crippen molar-refractivity contribution < 1.29 is 14.3 Å². The summed E-state index contributed by atoms with van der Waals surface area (Å²) in [4.78, 5) is 28.6. The van der Waals surface area contributed by atoms with E-state index in [1.807, 2.05) is 23.1 Å². The standard InChI is InChI=1S/C19H27N3O3/c23-18-14-17(15-22(18)8-6-16-4-2-1-3-5-16)19(24)20-7-9-21-10-12-25-13-11-21/h1-5,17H,6-15H2,(H,20,24)/t17-/m1/s1. The molecule has 0 bridgehead atoms. The highest BCUT2D eigenvalue weighted by Crippen LogP contribution is 2.18. The summed E-state index contributed by atoms with van der Waals surface area (Å²) < 4.78 is 5.31. The van der Waals surface area contributed by atoms with Gasteiger partial charge in [-0.25, -0.2) is 0 Å². The number of nitrogens with zero attached hydrogens (tertiary/aromatic N) is 2. The average Bonchev–Trinajstić information content (AvgIpc) is 3.02. The molecule has 0 radical (unpaired) electrons.